The van der Waals surface area contributed by atoms with E-state index in [9.17, 15) is 5.11 Å². The van der Waals surface area contributed by atoms with Gasteiger partial charge in [0.2, 0.25) is 0 Å². The van der Waals surface area contributed by atoms with Crippen molar-refractivity contribution in [1.29, 1.82) is 0 Å². The van der Waals surface area contributed by atoms with Crippen LogP contribution >= 0.6 is 0 Å². The van der Waals surface area contributed by atoms with Gasteiger partial charge in [0.25, 0.3) is 0 Å². The van der Waals surface area contributed by atoms with Gasteiger partial charge in [-0.05, 0) is 18.9 Å². The number of rotatable bonds is 6. The molecule has 10 heavy (non-hydrogen) atoms. The number of hydrogen-bond acceptors (Lipinski definition) is 1. The maximum absolute atomic E-state index is 9.98. The summed E-state index contributed by atoms with van der Waals surface area (Å²) >= 11 is 0. The van der Waals surface area contributed by atoms with Crippen molar-refractivity contribution in [3.63, 3.8) is 0 Å². The van der Waals surface area contributed by atoms with Crippen molar-refractivity contribution in [2.75, 3.05) is 19.7 Å². The van der Waals surface area contributed by atoms with Gasteiger partial charge in [-0.2, -0.15) is 0 Å². The second-order valence-electron chi connectivity index (χ2n) is 2.76. The Labute approximate surface area is 63.6 Å². The Kier molecular flexibility index (Phi) is 6.98. The van der Waals surface area contributed by atoms with E-state index in [1.807, 2.05) is 0 Å². The van der Waals surface area contributed by atoms with Crippen molar-refractivity contribution in [2.24, 2.45) is 5.92 Å². The third kappa shape index (κ3) is 6.05. The van der Waals surface area contributed by atoms with Gasteiger partial charge < -0.3 is 5.32 Å². The minimum atomic E-state index is 0.000502. The Bertz CT molecular complexity index is 66.3. The molecule has 0 rings (SSSR count). The van der Waals surface area contributed by atoms with Crippen molar-refractivity contribution in [2.45, 2.75) is 26.7 Å². The van der Waals surface area contributed by atoms with Crippen molar-refractivity contribution < 1.29 is 5.11 Å². The quantitative estimate of drug-likeness (QED) is 0.562. The summed E-state index contributed by atoms with van der Waals surface area (Å²) in [5, 5.41) is 13.1. The van der Waals surface area contributed by atoms with Crippen molar-refractivity contribution >= 4 is 0 Å². The fraction of sp³-hybridized carbons (Fsp3) is 1.00. The summed E-state index contributed by atoms with van der Waals surface area (Å²) in [5.41, 5.74) is 0. The first-order valence-corrected chi connectivity index (χ1v) is 4.10. The summed E-state index contributed by atoms with van der Waals surface area (Å²) in [6.07, 6.45) is 2.43. The molecule has 0 heterocycles. The van der Waals surface area contributed by atoms with Crippen molar-refractivity contribution in [3.05, 3.63) is 0 Å². The second kappa shape index (κ2) is 7.03. The fourth-order valence-electron chi connectivity index (χ4n) is 0.750. The Balaban J connectivity index is 2.89. The lowest BCUT2D eigenvalue weighted by Gasteiger charge is -2.07. The summed E-state index contributed by atoms with van der Waals surface area (Å²) < 4.78 is 0. The summed E-state index contributed by atoms with van der Waals surface area (Å²) in [4.78, 5) is 0. The molecule has 0 aromatic heterocycles. The van der Waals surface area contributed by atoms with E-state index in [2.05, 4.69) is 19.2 Å². The highest BCUT2D eigenvalue weighted by Crippen LogP contribution is 2.03. The molecule has 0 saturated heterocycles. The summed E-state index contributed by atoms with van der Waals surface area (Å²) in [7, 11) is 0. The Morgan fingerprint density at radius 3 is 2.60 bits per heavy atom. The first kappa shape index (κ1) is 9.92. The van der Waals surface area contributed by atoms with Gasteiger partial charge in [0.05, 0.1) is 6.61 Å². The van der Waals surface area contributed by atoms with Crippen LogP contribution in [0.5, 0.6) is 0 Å². The largest absolute Gasteiger partial charge is 0.314 e. The predicted molar refractivity (Wildman–Crippen MR) is 42.5 cm³/mol. The SMILES string of the molecule is CCC(C)CCNCC[O]. The monoisotopic (exact) mass is 144 g/mol. The van der Waals surface area contributed by atoms with Gasteiger partial charge in [0, 0.05) is 6.54 Å². The van der Waals surface area contributed by atoms with Gasteiger partial charge in [-0.3, -0.25) is 0 Å². The van der Waals surface area contributed by atoms with Crippen LogP contribution in [0.1, 0.15) is 26.7 Å². The maximum atomic E-state index is 9.98. The summed E-state index contributed by atoms with van der Waals surface area (Å²) in [6.45, 7) is 6.05. The van der Waals surface area contributed by atoms with Crippen LogP contribution in [0, 0.1) is 5.92 Å². The Morgan fingerprint density at radius 2 is 2.10 bits per heavy atom. The molecule has 0 aromatic rings. The molecule has 1 atom stereocenters. The summed E-state index contributed by atoms with van der Waals surface area (Å²) in [5.74, 6) is 0.791. The molecule has 0 bridgehead atoms. The number of nitrogens with one attached hydrogen (secondary N) is 1. The molecule has 0 aromatic carbocycles. The lowest BCUT2D eigenvalue weighted by atomic mass is 10.1. The minimum Gasteiger partial charge on any atom is -0.314 e. The van der Waals surface area contributed by atoms with Crippen LogP contribution in [0.4, 0.5) is 0 Å². The van der Waals surface area contributed by atoms with E-state index in [-0.39, 0.29) is 6.61 Å². The fourth-order valence-corrected chi connectivity index (χ4v) is 0.750. The molecule has 2 nitrogen and oxygen atoms in total. The molecule has 0 aliphatic heterocycles. The van der Waals surface area contributed by atoms with Crippen LogP contribution in [0.3, 0.4) is 0 Å². The zero-order valence-corrected chi connectivity index (χ0v) is 7.02. The van der Waals surface area contributed by atoms with E-state index in [4.69, 9.17) is 0 Å². The topological polar surface area (TPSA) is 31.9 Å². The van der Waals surface area contributed by atoms with Gasteiger partial charge in [-0.25, -0.2) is 5.11 Å². The van der Waals surface area contributed by atoms with Gasteiger partial charge in [-0.15, -0.1) is 0 Å². The lowest BCUT2D eigenvalue weighted by molar-refractivity contribution is 0.193. The summed E-state index contributed by atoms with van der Waals surface area (Å²) in [6, 6.07) is 0. The zero-order valence-electron chi connectivity index (χ0n) is 7.02. The molecular weight excluding hydrogens is 126 g/mol. The molecule has 1 N–H and O–H groups in total. The average Bonchev–Trinajstić information content (AvgIpc) is 1.98. The van der Waals surface area contributed by atoms with Gasteiger partial charge in [0.15, 0.2) is 0 Å². The van der Waals surface area contributed by atoms with Crippen molar-refractivity contribution in [1.82, 2.24) is 5.32 Å². The molecule has 0 amide bonds. The lowest BCUT2D eigenvalue weighted by Crippen LogP contribution is -2.20. The number of hydrogen-bond donors (Lipinski definition) is 1. The van der Waals surface area contributed by atoms with Crippen molar-refractivity contribution in [3.8, 4) is 0 Å². The molecule has 0 aliphatic rings. The minimum absolute atomic E-state index is 0.000502. The average molecular weight is 144 g/mol. The molecule has 2 heteroatoms. The third-order valence-corrected chi connectivity index (χ3v) is 1.79. The first-order valence-electron chi connectivity index (χ1n) is 4.10. The third-order valence-electron chi connectivity index (χ3n) is 1.79. The van der Waals surface area contributed by atoms with Crippen LogP contribution in [0.25, 0.3) is 0 Å². The maximum Gasteiger partial charge on any atom is 0.0946 e. The van der Waals surface area contributed by atoms with E-state index in [1.165, 1.54) is 12.8 Å². The highest BCUT2D eigenvalue weighted by Gasteiger charge is 1.96. The van der Waals surface area contributed by atoms with Crippen LogP contribution in [-0.2, 0) is 5.11 Å². The van der Waals surface area contributed by atoms with Crippen LogP contribution < -0.4 is 5.32 Å². The molecule has 1 radical (unpaired) electrons. The molecule has 61 valence electrons. The van der Waals surface area contributed by atoms with Crippen LogP contribution in [-0.4, -0.2) is 19.7 Å². The smallest absolute Gasteiger partial charge is 0.0946 e. The predicted octanol–water partition coefficient (Wildman–Crippen LogP) is 1.44. The molecular formula is C8H18NO. The van der Waals surface area contributed by atoms with E-state index in [1.54, 1.807) is 0 Å². The normalized spacial score (nSPS) is 13.5. The zero-order chi connectivity index (χ0) is 7.82. The van der Waals surface area contributed by atoms with E-state index < -0.39 is 0 Å². The van der Waals surface area contributed by atoms with E-state index in [0.29, 0.717) is 6.54 Å². The van der Waals surface area contributed by atoms with Gasteiger partial charge in [-0.1, -0.05) is 20.3 Å². The Hall–Kier alpha value is -0.0800. The van der Waals surface area contributed by atoms with Crippen LogP contribution in [0.2, 0.25) is 0 Å². The molecule has 0 aliphatic carbocycles. The second-order valence-corrected chi connectivity index (χ2v) is 2.76. The Morgan fingerprint density at radius 1 is 1.40 bits per heavy atom. The van der Waals surface area contributed by atoms with Crippen LogP contribution in [0.15, 0.2) is 0 Å². The molecule has 0 spiro atoms. The van der Waals surface area contributed by atoms with E-state index in [0.717, 1.165) is 12.5 Å². The first-order chi connectivity index (χ1) is 4.81. The van der Waals surface area contributed by atoms with E-state index >= 15 is 0 Å². The molecule has 0 saturated carbocycles. The standard InChI is InChI=1S/C8H18NO/c1-3-8(2)4-5-9-6-7-10/h8-9H,3-7H2,1-2H3. The van der Waals surface area contributed by atoms with Gasteiger partial charge >= 0.3 is 0 Å². The van der Waals surface area contributed by atoms with Gasteiger partial charge in [0.1, 0.15) is 0 Å². The molecule has 0 fully saturated rings. The highest BCUT2D eigenvalue weighted by molar-refractivity contribution is 4.52. The highest BCUT2D eigenvalue weighted by atomic mass is 16.3. The molecule has 1 unspecified atom stereocenters.